The van der Waals surface area contributed by atoms with E-state index in [-0.39, 0.29) is 17.4 Å². The zero-order valence-electron chi connectivity index (χ0n) is 15.7. The summed E-state index contributed by atoms with van der Waals surface area (Å²) in [6, 6.07) is 10.6. The molecule has 1 aromatic carbocycles. The lowest BCUT2D eigenvalue weighted by Crippen LogP contribution is -2.14. The first-order valence-electron chi connectivity index (χ1n) is 8.89. The highest BCUT2D eigenvalue weighted by molar-refractivity contribution is 6.29. The quantitative estimate of drug-likeness (QED) is 0.471. The Kier molecular flexibility index (Phi) is 5.00. The average molecular weight is 419 g/mol. The molecule has 3 N–H and O–H groups in total. The molecule has 3 aromatic heterocycles. The van der Waals surface area contributed by atoms with Crippen molar-refractivity contribution in [2.24, 2.45) is 0 Å². The highest BCUT2D eigenvalue weighted by atomic mass is 35.5. The van der Waals surface area contributed by atoms with Gasteiger partial charge in [-0.05, 0) is 13.0 Å². The van der Waals surface area contributed by atoms with E-state index in [1.165, 1.54) is 17.0 Å². The summed E-state index contributed by atoms with van der Waals surface area (Å²) in [6.07, 6.45) is 3.56. The van der Waals surface area contributed by atoms with E-state index in [0.717, 1.165) is 11.8 Å². The minimum Gasteiger partial charge on any atom is -0.382 e. The van der Waals surface area contributed by atoms with Gasteiger partial charge in [0.2, 0.25) is 0 Å². The lowest BCUT2D eigenvalue weighted by atomic mass is 9.98. The molecule has 4 rings (SSSR count). The molecule has 30 heavy (non-hydrogen) atoms. The molecule has 0 amide bonds. The minimum absolute atomic E-state index is 0.0855. The van der Waals surface area contributed by atoms with Crippen LogP contribution in [0, 0.1) is 11.3 Å². The molecular formula is C20H15ClN8O. The van der Waals surface area contributed by atoms with Crippen LogP contribution >= 0.6 is 11.6 Å². The first-order valence-corrected chi connectivity index (χ1v) is 9.27. The van der Waals surface area contributed by atoms with Crippen LogP contribution in [-0.4, -0.2) is 30.9 Å². The van der Waals surface area contributed by atoms with Gasteiger partial charge in [0.15, 0.2) is 17.1 Å². The molecule has 148 valence electrons. The molecule has 0 spiro atoms. The van der Waals surface area contributed by atoms with Gasteiger partial charge in [0.25, 0.3) is 0 Å². The zero-order chi connectivity index (χ0) is 21.3. The monoisotopic (exact) mass is 418 g/mol. The number of nitrogen functional groups attached to an aromatic ring is 1. The third-order valence-electron chi connectivity index (χ3n) is 4.63. The Balaban J connectivity index is 1.89. The molecule has 9 nitrogen and oxygen atoms in total. The molecule has 0 saturated heterocycles. The number of anilines is 2. The summed E-state index contributed by atoms with van der Waals surface area (Å²) in [6.45, 7) is 1.88. The topological polar surface area (TPSA) is 135 Å². The van der Waals surface area contributed by atoms with Crippen LogP contribution in [0.15, 0.2) is 42.9 Å². The summed E-state index contributed by atoms with van der Waals surface area (Å²) < 4.78 is 1.50. The molecule has 4 aromatic rings. The number of rotatable bonds is 5. The molecular weight excluding hydrogens is 404 g/mol. The number of hydrogen-bond acceptors (Lipinski definition) is 8. The highest BCUT2D eigenvalue weighted by Gasteiger charge is 2.20. The van der Waals surface area contributed by atoms with Gasteiger partial charge in [0.05, 0.1) is 17.9 Å². The number of aromatic nitrogens is 5. The second-order valence-electron chi connectivity index (χ2n) is 6.46. The van der Waals surface area contributed by atoms with Crippen LogP contribution in [0.2, 0.25) is 5.15 Å². The van der Waals surface area contributed by atoms with E-state index < -0.39 is 0 Å². The van der Waals surface area contributed by atoms with Gasteiger partial charge in [-0.1, -0.05) is 35.9 Å². The van der Waals surface area contributed by atoms with Gasteiger partial charge in [-0.15, -0.1) is 0 Å². The Morgan fingerprint density at radius 1 is 1.30 bits per heavy atom. The van der Waals surface area contributed by atoms with E-state index in [0.29, 0.717) is 33.4 Å². The van der Waals surface area contributed by atoms with E-state index in [9.17, 15) is 10.1 Å². The van der Waals surface area contributed by atoms with Gasteiger partial charge in [-0.25, -0.2) is 19.5 Å². The van der Waals surface area contributed by atoms with E-state index in [4.69, 9.17) is 17.3 Å². The summed E-state index contributed by atoms with van der Waals surface area (Å²) in [7, 11) is 0. The predicted octanol–water partition coefficient (Wildman–Crippen LogP) is 3.28. The van der Waals surface area contributed by atoms with Crippen LogP contribution in [0.1, 0.15) is 34.5 Å². The Hall–Kier alpha value is -4.03. The van der Waals surface area contributed by atoms with E-state index in [2.05, 4.69) is 25.4 Å². The minimum atomic E-state index is -0.367. The van der Waals surface area contributed by atoms with Gasteiger partial charge < -0.3 is 11.1 Å². The van der Waals surface area contributed by atoms with Crippen molar-refractivity contribution in [1.82, 2.24) is 24.6 Å². The number of hydrogen-bond donors (Lipinski definition) is 2. The van der Waals surface area contributed by atoms with Crippen molar-refractivity contribution in [1.29, 1.82) is 5.26 Å². The molecule has 0 aliphatic carbocycles. The first-order chi connectivity index (χ1) is 14.5. The molecule has 0 saturated carbocycles. The average Bonchev–Trinajstić information content (AvgIpc) is 3.13. The maximum absolute atomic E-state index is 11.6. The first kappa shape index (κ1) is 19.3. The molecule has 1 atom stereocenters. The lowest BCUT2D eigenvalue weighted by Gasteiger charge is -2.19. The molecule has 0 radical (unpaired) electrons. The van der Waals surface area contributed by atoms with Crippen molar-refractivity contribution >= 4 is 35.2 Å². The van der Waals surface area contributed by atoms with Gasteiger partial charge in [0, 0.05) is 16.7 Å². The number of fused-ring (bicyclic) bond motifs is 1. The normalized spacial score (nSPS) is 11.8. The third-order valence-corrected chi connectivity index (χ3v) is 4.89. The van der Waals surface area contributed by atoms with Crippen LogP contribution in [-0.2, 0) is 0 Å². The number of aldehydes is 1. The number of nitriles is 1. The van der Waals surface area contributed by atoms with Gasteiger partial charge in [0.1, 0.15) is 29.6 Å². The fourth-order valence-corrected chi connectivity index (χ4v) is 3.33. The Labute approximate surface area is 176 Å². The van der Waals surface area contributed by atoms with Crippen molar-refractivity contribution in [3.63, 3.8) is 0 Å². The Morgan fingerprint density at radius 3 is 2.87 bits per heavy atom. The fourth-order valence-electron chi connectivity index (χ4n) is 3.16. The second kappa shape index (κ2) is 7.77. The molecule has 0 bridgehead atoms. The summed E-state index contributed by atoms with van der Waals surface area (Å²) in [5.41, 5.74) is 8.89. The van der Waals surface area contributed by atoms with Crippen LogP contribution in [0.25, 0.3) is 16.9 Å². The van der Waals surface area contributed by atoms with Crippen molar-refractivity contribution in [2.45, 2.75) is 13.0 Å². The Morgan fingerprint density at radius 2 is 2.10 bits per heavy atom. The second-order valence-corrected chi connectivity index (χ2v) is 6.85. The molecule has 3 heterocycles. The Bertz CT molecular complexity index is 1310. The van der Waals surface area contributed by atoms with Crippen LogP contribution in [0.4, 0.5) is 11.6 Å². The van der Waals surface area contributed by atoms with E-state index >= 15 is 0 Å². The van der Waals surface area contributed by atoms with Crippen molar-refractivity contribution in [3.8, 4) is 17.3 Å². The summed E-state index contributed by atoms with van der Waals surface area (Å²) in [4.78, 5) is 23.9. The SMILES string of the molecule is C[C@H](Nc1ncnc(N)c1C#N)c1cc2ncc(Cl)n2nc1-c1ccccc1C=O. The molecule has 0 unspecified atom stereocenters. The number of nitrogens with one attached hydrogen (secondary N) is 1. The van der Waals surface area contributed by atoms with E-state index in [1.54, 1.807) is 12.1 Å². The molecule has 10 heteroatoms. The smallest absolute Gasteiger partial charge is 0.155 e. The zero-order valence-corrected chi connectivity index (χ0v) is 16.5. The predicted molar refractivity (Wildman–Crippen MR) is 112 cm³/mol. The van der Waals surface area contributed by atoms with Crippen LogP contribution < -0.4 is 11.1 Å². The van der Waals surface area contributed by atoms with Crippen LogP contribution in [0.5, 0.6) is 0 Å². The van der Waals surface area contributed by atoms with Crippen molar-refractivity contribution in [3.05, 3.63) is 64.7 Å². The summed E-state index contributed by atoms with van der Waals surface area (Å²) in [5.74, 6) is 0.385. The maximum Gasteiger partial charge on any atom is 0.155 e. The largest absolute Gasteiger partial charge is 0.382 e. The van der Waals surface area contributed by atoms with Gasteiger partial charge >= 0.3 is 0 Å². The lowest BCUT2D eigenvalue weighted by molar-refractivity contribution is 0.112. The number of imidazole rings is 1. The number of carbonyl (C=O) groups excluding carboxylic acids is 1. The number of nitrogens with two attached hydrogens (primary N) is 1. The molecule has 0 aliphatic rings. The number of benzene rings is 1. The highest BCUT2D eigenvalue weighted by Crippen LogP contribution is 2.32. The van der Waals surface area contributed by atoms with Gasteiger partial charge in [-0.2, -0.15) is 10.4 Å². The number of nitrogens with zero attached hydrogens (tertiary/aromatic N) is 6. The van der Waals surface area contributed by atoms with Crippen molar-refractivity contribution in [2.75, 3.05) is 11.1 Å². The summed E-state index contributed by atoms with van der Waals surface area (Å²) in [5, 5.41) is 17.6. The maximum atomic E-state index is 11.6. The standard InChI is InChI=1S/C20H15ClN8O/c1-11(27-20-15(7-22)19(23)25-10-26-20)14-6-17-24-8-16(21)29(17)28-18(14)13-5-3-2-4-12(13)9-30/h2-6,8-11H,1H3,(H3,23,25,26,27)/t11-/m0/s1. The van der Waals surface area contributed by atoms with Gasteiger partial charge in [-0.3, -0.25) is 4.79 Å². The van der Waals surface area contributed by atoms with Crippen LogP contribution in [0.3, 0.4) is 0 Å². The summed E-state index contributed by atoms with van der Waals surface area (Å²) >= 11 is 6.21. The number of halogens is 1. The number of carbonyl (C=O) groups is 1. The molecule has 0 aliphatic heterocycles. The van der Waals surface area contributed by atoms with E-state index in [1.807, 2.05) is 31.2 Å². The third kappa shape index (κ3) is 3.29. The molecule has 0 fully saturated rings. The van der Waals surface area contributed by atoms with Crippen molar-refractivity contribution < 1.29 is 4.79 Å². The fraction of sp³-hybridized carbons (Fsp3) is 0.100.